The number of rotatable bonds is 3. The predicted octanol–water partition coefficient (Wildman–Crippen LogP) is 6.89. The topological polar surface area (TPSA) is 75.4 Å². The number of hydrogen-bond donors (Lipinski definition) is 2. The molecule has 6 rings (SSSR count). The van der Waals surface area contributed by atoms with Crippen molar-refractivity contribution < 1.29 is 9.59 Å². The molecule has 5 heteroatoms. The fraction of sp³-hybridized carbons (Fsp3) is 0.375. The maximum absolute atomic E-state index is 11.6. The van der Waals surface area contributed by atoms with Gasteiger partial charge in [0, 0.05) is 23.2 Å². The number of likely N-dealkylation sites (tertiary alicyclic amines) is 1. The second-order valence-corrected chi connectivity index (χ2v) is 10.4. The number of benzene rings is 3. The van der Waals surface area contributed by atoms with Crippen molar-refractivity contribution in [1.29, 1.82) is 0 Å². The van der Waals surface area contributed by atoms with Gasteiger partial charge in [-0.15, -0.1) is 0 Å². The molecule has 37 heavy (non-hydrogen) atoms. The van der Waals surface area contributed by atoms with E-state index in [1.165, 1.54) is 49.7 Å². The Balaban J connectivity index is 0.000000175. The van der Waals surface area contributed by atoms with Crippen molar-refractivity contribution in [1.82, 2.24) is 4.90 Å². The standard InChI is InChI=1S/C19H20N2O.C7H7NO.C6H12/c1-19-11-12-21(13-22)18(19)15-9-5-6-10-16(15)20-17(19)14-7-3-2-4-8-14;8-7(9)6-4-2-1-3-5-6;1-2-4-6-5-3-1/h2-10,13,17-18,20H,11-12H2,1H3;1-5H,(H2,8,9);1-6H2/t17-,18-,19+;;/m1../s1. The van der Waals surface area contributed by atoms with Gasteiger partial charge in [-0.1, -0.05) is 112 Å². The summed E-state index contributed by atoms with van der Waals surface area (Å²) in [5.74, 6) is -0.379. The molecule has 2 heterocycles. The first-order valence-corrected chi connectivity index (χ1v) is 13.5. The van der Waals surface area contributed by atoms with E-state index in [9.17, 15) is 9.59 Å². The molecule has 1 saturated heterocycles. The fourth-order valence-corrected chi connectivity index (χ4v) is 5.92. The van der Waals surface area contributed by atoms with E-state index in [4.69, 9.17) is 5.73 Å². The predicted molar refractivity (Wildman–Crippen MR) is 150 cm³/mol. The molecule has 3 aromatic rings. The Morgan fingerprint density at radius 3 is 1.95 bits per heavy atom. The highest BCUT2D eigenvalue weighted by Crippen LogP contribution is 2.58. The Morgan fingerprint density at radius 2 is 1.41 bits per heavy atom. The third kappa shape index (κ3) is 6.22. The van der Waals surface area contributed by atoms with E-state index < -0.39 is 0 Å². The fourth-order valence-electron chi connectivity index (χ4n) is 5.92. The van der Waals surface area contributed by atoms with E-state index >= 15 is 0 Å². The lowest BCUT2D eigenvalue weighted by atomic mass is 9.68. The second-order valence-electron chi connectivity index (χ2n) is 10.4. The van der Waals surface area contributed by atoms with Crippen LogP contribution in [0, 0.1) is 5.41 Å². The van der Waals surface area contributed by atoms with Crippen molar-refractivity contribution in [3.8, 4) is 0 Å². The van der Waals surface area contributed by atoms with Crippen molar-refractivity contribution in [2.75, 3.05) is 11.9 Å². The average molecular weight is 498 g/mol. The lowest BCUT2D eigenvalue weighted by molar-refractivity contribution is -0.120. The molecule has 0 spiro atoms. The monoisotopic (exact) mass is 497 g/mol. The van der Waals surface area contributed by atoms with Crippen LogP contribution in [0.5, 0.6) is 0 Å². The van der Waals surface area contributed by atoms with E-state index in [-0.39, 0.29) is 23.4 Å². The largest absolute Gasteiger partial charge is 0.377 e. The summed E-state index contributed by atoms with van der Waals surface area (Å²) in [7, 11) is 0. The number of anilines is 1. The summed E-state index contributed by atoms with van der Waals surface area (Å²) in [6.07, 6.45) is 11.0. The Hall–Kier alpha value is -3.60. The molecule has 0 aromatic heterocycles. The highest BCUT2D eigenvalue weighted by atomic mass is 16.1. The number of primary amides is 1. The van der Waals surface area contributed by atoms with Gasteiger partial charge >= 0.3 is 0 Å². The van der Waals surface area contributed by atoms with Gasteiger partial charge < -0.3 is 16.0 Å². The minimum atomic E-state index is -0.379. The summed E-state index contributed by atoms with van der Waals surface area (Å²) in [5.41, 5.74) is 9.21. The van der Waals surface area contributed by atoms with Gasteiger partial charge in [0.2, 0.25) is 12.3 Å². The lowest BCUT2D eigenvalue weighted by Gasteiger charge is -2.46. The summed E-state index contributed by atoms with van der Waals surface area (Å²) >= 11 is 0. The minimum absolute atomic E-state index is 0.0105. The van der Waals surface area contributed by atoms with E-state index in [0.717, 1.165) is 25.1 Å². The van der Waals surface area contributed by atoms with Gasteiger partial charge in [-0.05, 0) is 35.7 Å². The highest BCUT2D eigenvalue weighted by Gasteiger charge is 2.53. The maximum atomic E-state index is 11.6. The molecule has 5 nitrogen and oxygen atoms in total. The zero-order chi connectivity index (χ0) is 26.1. The van der Waals surface area contributed by atoms with Crippen molar-refractivity contribution >= 4 is 18.0 Å². The third-order valence-electron chi connectivity index (χ3n) is 7.91. The van der Waals surface area contributed by atoms with Crippen LogP contribution in [0.15, 0.2) is 84.9 Å². The first-order chi connectivity index (χ1) is 18.0. The van der Waals surface area contributed by atoms with Gasteiger partial charge in [-0.3, -0.25) is 9.59 Å². The molecular formula is C32H39N3O2. The maximum Gasteiger partial charge on any atom is 0.248 e. The molecule has 2 amide bonds. The van der Waals surface area contributed by atoms with Crippen LogP contribution in [0.3, 0.4) is 0 Å². The number of hydrogen-bond acceptors (Lipinski definition) is 3. The zero-order valence-electron chi connectivity index (χ0n) is 21.8. The molecule has 1 saturated carbocycles. The normalized spacial score (nSPS) is 23.5. The first-order valence-electron chi connectivity index (χ1n) is 13.5. The van der Waals surface area contributed by atoms with E-state index in [0.29, 0.717) is 5.56 Å². The summed E-state index contributed by atoms with van der Waals surface area (Å²) in [4.78, 5) is 24.0. The van der Waals surface area contributed by atoms with Gasteiger partial charge in [0.1, 0.15) is 0 Å². The summed E-state index contributed by atoms with van der Waals surface area (Å²) < 4.78 is 0. The van der Waals surface area contributed by atoms with Crippen molar-refractivity contribution in [3.05, 3.63) is 102 Å². The van der Waals surface area contributed by atoms with Crippen LogP contribution >= 0.6 is 0 Å². The van der Waals surface area contributed by atoms with Gasteiger partial charge in [0.15, 0.2) is 0 Å². The summed E-state index contributed by atoms with van der Waals surface area (Å²) in [6, 6.07) is 28.1. The minimum Gasteiger partial charge on any atom is -0.377 e. The number of nitrogens with one attached hydrogen (secondary N) is 1. The van der Waals surface area contributed by atoms with Crippen LogP contribution in [0.1, 0.15) is 85.4 Å². The number of fused-ring (bicyclic) bond motifs is 3. The first kappa shape index (κ1) is 26.5. The lowest BCUT2D eigenvalue weighted by Crippen LogP contribution is -2.41. The van der Waals surface area contributed by atoms with Gasteiger partial charge in [0.05, 0.1) is 12.1 Å². The highest BCUT2D eigenvalue weighted by molar-refractivity contribution is 5.92. The van der Waals surface area contributed by atoms with Crippen LogP contribution in [0.4, 0.5) is 5.69 Å². The van der Waals surface area contributed by atoms with Crippen LogP contribution in [-0.4, -0.2) is 23.8 Å². The van der Waals surface area contributed by atoms with Crippen LogP contribution in [0.25, 0.3) is 0 Å². The average Bonchev–Trinajstić information content (AvgIpc) is 3.32. The number of amides is 2. The Morgan fingerprint density at radius 1 is 0.865 bits per heavy atom. The van der Waals surface area contributed by atoms with Crippen LogP contribution in [0.2, 0.25) is 0 Å². The molecular weight excluding hydrogens is 458 g/mol. The molecule has 1 aliphatic carbocycles. The number of carbonyl (C=O) groups excluding carboxylic acids is 2. The Labute approximate surface area is 221 Å². The van der Waals surface area contributed by atoms with E-state index in [1.807, 2.05) is 17.0 Å². The smallest absolute Gasteiger partial charge is 0.248 e. The van der Waals surface area contributed by atoms with Gasteiger partial charge in [0.25, 0.3) is 0 Å². The van der Waals surface area contributed by atoms with Crippen LogP contribution in [-0.2, 0) is 4.79 Å². The van der Waals surface area contributed by atoms with Crippen molar-refractivity contribution in [2.24, 2.45) is 11.1 Å². The molecule has 0 radical (unpaired) electrons. The molecule has 3 aromatic carbocycles. The number of nitrogens with two attached hydrogens (primary N) is 1. The summed E-state index contributed by atoms with van der Waals surface area (Å²) in [5, 5.41) is 3.73. The Kier molecular flexibility index (Phi) is 8.99. The Bertz CT molecular complexity index is 1140. The molecule has 0 unspecified atom stereocenters. The molecule has 0 bridgehead atoms. The quantitative estimate of drug-likeness (QED) is 0.387. The second kappa shape index (κ2) is 12.6. The molecule has 2 fully saturated rings. The van der Waals surface area contributed by atoms with Crippen LogP contribution < -0.4 is 11.1 Å². The third-order valence-corrected chi connectivity index (χ3v) is 7.91. The molecule has 2 aliphatic heterocycles. The van der Waals surface area contributed by atoms with E-state index in [2.05, 4.69) is 60.8 Å². The van der Waals surface area contributed by atoms with Crippen molar-refractivity contribution in [2.45, 2.75) is 64.0 Å². The summed E-state index contributed by atoms with van der Waals surface area (Å²) in [6.45, 7) is 3.13. The molecule has 3 aliphatic rings. The number of carbonyl (C=O) groups is 2. The zero-order valence-corrected chi connectivity index (χ0v) is 21.8. The SMILES string of the molecule is C1CCCCC1.C[C@@]12CCN(C=O)[C@@H]1c1ccccc1N[C@@H]2c1ccccc1.NC(=O)c1ccccc1. The molecule has 194 valence electrons. The van der Waals surface area contributed by atoms with E-state index in [1.54, 1.807) is 24.3 Å². The number of nitrogens with zero attached hydrogens (tertiary/aromatic N) is 1. The number of para-hydroxylation sites is 1. The van der Waals surface area contributed by atoms with Gasteiger partial charge in [-0.25, -0.2) is 0 Å². The van der Waals surface area contributed by atoms with Crippen molar-refractivity contribution in [3.63, 3.8) is 0 Å². The molecule has 3 N–H and O–H groups in total. The van der Waals surface area contributed by atoms with Gasteiger partial charge in [-0.2, -0.15) is 0 Å². The molecule has 3 atom stereocenters.